The fourth-order valence-corrected chi connectivity index (χ4v) is 1.62. The van der Waals surface area contributed by atoms with E-state index in [1.165, 1.54) is 18.2 Å². The maximum Gasteiger partial charge on any atom is 0.328 e. The van der Waals surface area contributed by atoms with Crippen molar-refractivity contribution in [2.45, 2.75) is 0 Å². The van der Waals surface area contributed by atoms with E-state index in [4.69, 9.17) is 10.4 Å². The number of nitrogens with zero attached hydrogens (tertiary/aromatic N) is 1. The lowest BCUT2D eigenvalue weighted by atomic mass is 10.2. The second-order valence-corrected chi connectivity index (χ2v) is 4.28. The zero-order chi connectivity index (χ0) is 15.1. The number of nitriles is 1. The van der Waals surface area contributed by atoms with Gasteiger partial charge in [-0.2, -0.15) is 5.26 Å². The molecule has 0 atom stereocenters. The highest BCUT2D eigenvalue weighted by Gasteiger charge is 2.08. The Morgan fingerprint density at radius 3 is 2.55 bits per heavy atom. The number of halogens is 1. The lowest BCUT2D eigenvalue weighted by Gasteiger charge is -2.07. The molecule has 102 valence electrons. The number of carbonyl (C=O) groups is 3. The summed E-state index contributed by atoms with van der Waals surface area (Å²) in [6.07, 6.45) is 1.33. The Kier molecular flexibility index (Phi) is 5.43. The number of rotatable bonds is 3. The molecule has 3 N–H and O–H groups in total. The first-order chi connectivity index (χ1) is 9.42. The molecule has 0 saturated carbocycles. The van der Waals surface area contributed by atoms with Gasteiger partial charge in [-0.3, -0.25) is 10.1 Å². The van der Waals surface area contributed by atoms with Crippen molar-refractivity contribution in [1.82, 2.24) is 5.32 Å². The first-order valence-electron chi connectivity index (χ1n) is 5.15. The number of benzene rings is 1. The Labute approximate surface area is 122 Å². The summed E-state index contributed by atoms with van der Waals surface area (Å²) in [7, 11) is 0. The molecule has 20 heavy (non-hydrogen) atoms. The Hall–Kier alpha value is -2.66. The molecule has 8 heteroatoms. The van der Waals surface area contributed by atoms with Gasteiger partial charge in [0.1, 0.15) is 0 Å². The number of hydrogen-bond donors (Lipinski definition) is 3. The second-order valence-electron chi connectivity index (χ2n) is 3.42. The summed E-state index contributed by atoms with van der Waals surface area (Å²) < 4.78 is 0.472. The first kappa shape index (κ1) is 15.4. The van der Waals surface area contributed by atoms with Gasteiger partial charge < -0.3 is 10.4 Å². The molecule has 0 aliphatic heterocycles. The van der Waals surface area contributed by atoms with Crippen molar-refractivity contribution < 1.29 is 19.5 Å². The van der Waals surface area contributed by atoms with Crippen LogP contribution in [0.15, 0.2) is 34.8 Å². The van der Waals surface area contributed by atoms with E-state index in [1.807, 2.05) is 11.4 Å². The summed E-state index contributed by atoms with van der Waals surface area (Å²) in [5.41, 5.74) is 0.764. The summed E-state index contributed by atoms with van der Waals surface area (Å²) in [5, 5.41) is 21.3. The average Bonchev–Trinajstić information content (AvgIpc) is 2.38. The van der Waals surface area contributed by atoms with Gasteiger partial charge in [0, 0.05) is 16.6 Å². The molecule has 0 radical (unpaired) electrons. The number of carbonyl (C=O) groups excluding carboxylic acids is 2. The van der Waals surface area contributed by atoms with Gasteiger partial charge >= 0.3 is 12.0 Å². The van der Waals surface area contributed by atoms with Gasteiger partial charge in [0.25, 0.3) is 5.91 Å². The van der Waals surface area contributed by atoms with E-state index in [0.29, 0.717) is 21.8 Å². The van der Waals surface area contributed by atoms with Crippen molar-refractivity contribution in [2.75, 3.05) is 5.32 Å². The number of carboxylic acid groups (broad SMARTS) is 1. The van der Waals surface area contributed by atoms with Crippen LogP contribution in [-0.2, 0) is 9.59 Å². The molecule has 0 unspecified atom stereocenters. The van der Waals surface area contributed by atoms with Crippen LogP contribution in [0.3, 0.4) is 0 Å². The normalized spacial score (nSPS) is 9.80. The Morgan fingerprint density at radius 1 is 1.30 bits per heavy atom. The number of hydrogen-bond acceptors (Lipinski definition) is 4. The molecule has 0 bridgehead atoms. The van der Waals surface area contributed by atoms with Crippen LogP contribution in [0, 0.1) is 11.3 Å². The standard InChI is InChI=1S/C12H8BrN3O4/c13-8-5-7(6-14)1-2-9(8)15-12(20)16-10(17)3-4-11(18)19/h1-5H,(H,18,19)(H2,15,16,17,20)/b4-3+. The van der Waals surface area contributed by atoms with Crippen LogP contribution < -0.4 is 10.6 Å². The van der Waals surface area contributed by atoms with E-state index >= 15 is 0 Å². The molecule has 0 fully saturated rings. The van der Waals surface area contributed by atoms with Crippen molar-refractivity contribution in [2.24, 2.45) is 0 Å². The zero-order valence-corrected chi connectivity index (χ0v) is 11.5. The number of carboxylic acids is 1. The van der Waals surface area contributed by atoms with Crippen molar-refractivity contribution in [3.05, 3.63) is 40.4 Å². The molecule has 1 aromatic carbocycles. The third kappa shape index (κ3) is 4.91. The fourth-order valence-electron chi connectivity index (χ4n) is 1.14. The quantitative estimate of drug-likeness (QED) is 0.724. The van der Waals surface area contributed by atoms with E-state index in [1.54, 1.807) is 0 Å². The van der Waals surface area contributed by atoms with Crippen LogP contribution in [0.1, 0.15) is 5.56 Å². The Balaban J connectivity index is 2.65. The molecule has 7 nitrogen and oxygen atoms in total. The van der Waals surface area contributed by atoms with Gasteiger partial charge in [0.2, 0.25) is 0 Å². The predicted molar refractivity (Wildman–Crippen MR) is 72.8 cm³/mol. The summed E-state index contributed by atoms with van der Waals surface area (Å²) in [4.78, 5) is 32.8. The van der Waals surface area contributed by atoms with E-state index in [0.717, 1.165) is 6.08 Å². The molecule has 0 aromatic heterocycles. The van der Waals surface area contributed by atoms with Crippen molar-refractivity contribution >= 4 is 39.5 Å². The van der Waals surface area contributed by atoms with Gasteiger partial charge in [-0.05, 0) is 34.1 Å². The first-order valence-corrected chi connectivity index (χ1v) is 5.94. The number of urea groups is 1. The molecule has 0 aliphatic carbocycles. The van der Waals surface area contributed by atoms with Crippen molar-refractivity contribution in [3.63, 3.8) is 0 Å². The maximum atomic E-state index is 11.5. The number of anilines is 1. The molecule has 0 heterocycles. The van der Waals surface area contributed by atoms with Crippen molar-refractivity contribution in [1.29, 1.82) is 5.26 Å². The van der Waals surface area contributed by atoms with Crippen LogP contribution >= 0.6 is 15.9 Å². The molecular formula is C12H8BrN3O4. The van der Waals surface area contributed by atoms with Gasteiger partial charge in [-0.15, -0.1) is 0 Å². The SMILES string of the molecule is N#Cc1ccc(NC(=O)NC(=O)/C=C/C(=O)O)c(Br)c1. The third-order valence-corrected chi connectivity index (χ3v) is 2.62. The third-order valence-electron chi connectivity index (χ3n) is 1.96. The second kappa shape index (κ2) is 7.06. The predicted octanol–water partition coefficient (Wildman–Crippen LogP) is 1.61. The maximum absolute atomic E-state index is 11.5. The van der Waals surface area contributed by atoms with E-state index < -0.39 is 17.9 Å². The van der Waals surface area contributed by atoms with E-state index in [-0.39, 0.29) is 0 Å². The van der Waals surface area contributed by atoms with Crippen molar-refractivity contribution in [3.8, 4) is 6.07 Å². The van der Waals surface area contributed by atoms with Crippen LogP contribution in [0.25, 0.3) is 0 Å². The highest BCUT2D eigenvalue weighted by atomic mass is 79.9. The van der Waals surface area contributed by atoms with Crippen LogP contribution in [0.4, 0.5) is 10.5 Å². The number of imide groups is 1. The summed E-state index contributed by atoms with van der Waals surface area (Å²) in [6.45, 7) is 0. The van der Waals surface area contributed by atoms with E-state index in [9.17, 15) is 14.4 Å². The number of aliphatic carboxylic acids is 1. The highest BCUT2D eigenvalue weighted by Crippen LogP contribution is 2.23. The number of nitrogens with one attached hydrogen (secondary N) is 2. The molecule has 3 amide bonds. The highest BCUT2D eigenvalue weighted by molar-refractivity contribution is 9.10. The van der Waals surface area contributed by atoms with Gasteiger partial charge in [0.15, 0.2) is 0 Å². The Bertz CT molecular complexity index is 634. The fraction of sp³-hybridized carbons (Fsp3) is 0. The lowest BCUT2D eigenvalue weighted by molar-refractivity contribution is -0.131. The van der Waals surface area contributed by atoms with Gasteiger partial charge in [0.05, 0.1) is 17.3 Å². The molecule has 0 aliphatic rings. The zero-order valence-electron chi connectivity index (χ0n) is 9.88. The molecular weight excluding hydrogens is 330 g/mol. The molecule has 0 saturated heterocycles. The topological polar surface area (TPSA) is 119 Å². The van der Waals surface area contributed by atoms with Gasteiger partial charge in [-0.1, -0.05) is 0 Å². The van der Waals surface area contributed by atoms with E-state index in [2.05, 4.69) is 21.2 Å². The van der Waals surface area contributed by atoms with Crippen LogP contribution in [-0.4, -0.2) is 23.0 Å². The minimum atomic E-state index is -1.30. The smallest absolute Gasteiger partial charge is 0.328 e. The molecule has 0 spiro atoms. The lowest BCUT2D eigenvalue weighted by Crippen LogP contribution is -2.33. The summed E-state index contributed by atoms with van der Waals surface area (Å²) >= 11 is 3.16. The van der Waals surface area contributed by atoms with Gasteiger partial charge in [-0.25, -0.2) is 9.59 Å². The minimum Gasteiger partial charge on any atom is -0.478 e. The largest absolute Gasteiger partial charge is 0.478 e. The van der Waals surface area contributed by atoms with Crippen LogP contribution in [0.5, 0.6) is 0 Å². The molecule has 1 rings (SSSR count). The number of amides is 3. The monoisotopic (exact) mass is 337 g/mol. The summed E-state index contributed by atoms with van der Waals surface area (Å²) in [5.74, 6) is -2.16. The summed E-state index contributed by atoms with van der Waals surface area (Å²) in [6, 6.07) is 5.59. The minimum absolute atomic E-state index is 0.358. The average molecular weight is 338 g/mol. The Morgan fingerprint density at radius 2 is 2.00 bits per heavy atom. The van der Waals surface area contributed by atoms with Crippen LogP contribution in [0.2, 0.25) is 0 Å². The molecule has 1 aromatic rings.